The maximum atomic E-state index is 11.5. The lowest BCUT2D eigenvalue weighted by Crippen LogP contribution is -2.28. The van der Waals surface area contributed by atoms with Gasteiger partial charge in [0.05, 0.1) is 4.90 Å². The molecule has 0 saturated heterocycles. The first kappa shape index (κ1) is 15.5. The molecule has 0 radical (unpaired) electrons. The zero-order valence-corrected chi connectivity index (χ0v) is 11.7. The van der Waals surface area contributed by atoms with Gasteiger partial charge in [-0.3, -0.25) is 0 Å². The highest BCUT2D eigenvalue weighted by Crippen LogP contribution is 2.15. The smallest absolute Gasteiger partial charge is 0.326 e. The summed E-state index contributed by atoms with van der Waals surface area (Å²) in [5, 5.41) is 11.9. The zero-order valence-electron chi connectivity index (χ0n) is 10.9. The SMILES string of the molecule is CCCC(Nc1ccc(S(=O)(=O)NC)cc1)C(=O)O. The van der Waals surface area contributed by atoms with Crippen LogP contribution in [0.5, 0.6) is 0 Å². The zero-order chi connectivity index (χ0) is 14.5. The first-order chi connectivity index (χ1) is 8.90. The fraction of sp³-hybridized carbons (Fsp3) is 0.417. The van der Waals surface area contributed by atoms with Crippen molar-refractivity contribution < 1.29 is 18.3 Å². The van der Waals surface area contributed by atoms with Crippen LogP contribution in [0.3, 0.4) is 0 Å². The molecule has 19 heavy (non-hydrogen) atoms. The molecule has 0 fully saturated rings. The summed E-state index contributed by atoms with van der Waals surface area (Å²) >= 11 is 0. The Morgan fingerprint density at radius 3 is 2.32 bits per heavy atom. The number of nitrogens with one attached hydrogen (secondary N) is 2. The number of sulfonamides is 1. The van der Waals surface area contributed by atoms with Gasteiger partial charge in [0.15, 0.2) is 0 Å². The van der Waals surface area contributed by atoms with Gasteiger partial charge >= 0.3 is 5.97 Å². The fourth-order valence-electron chi connectivity index (χ4n) is 1.60. The molecule has 1 atom stereocenters. The molecule has 0 aliphatic heterocycles. The van der Waals surface area contributed by atoms with Gasteiger partial charge in [-0.15, -0.1) is 0 Å². The number of hydrogen-bond donors (Lipinski definition) is 3. The van der Waals surface area contributed by atoms with E-state index in [4.69, 9.17) is 5.11 Å². The standard InChI is InChI=1S/C12H18N2O4S/c1-3-4-11(12(15)16)14-9-5-7-10(8-6-9)19(17,18)13-2/h5-8,11,13-14H,3-4H2,1-2H3,(H,15,16). The van der Waals surface area contributed by atoms with Crippen LogP contribution in [-0.4, -0.2) is 32.6 Å². The van der Waals surface area contributed by atoms with Crippen molar-refractivity contribution in [2.45, 2.75) is 30.7 Å². The van der Waals surface area contributed by atoms with Gasteiger partial charge in [-0.25, -0.2) is 17.9 Å². The molecule has 0 bridgehead atoms. The molecule has 1 aromatic rings. The van der Waals surface area contributed by atoms with Crippen molar-refractivity contribution in [2.24, 2.45) is 0 Å². The van der Waals surface area contributed by atoms with Crippen molar-refractivity contribution in [2.75, 3.05) is 12.4 Å². The van der Waals surface area contributed by atoms with E-state index >= 15 is 0 Å². The van der Waals surface area contributed by atoms with Crippen LogP contribution in [0, 0.1) is 0 Å². The molecule has 0 saturated carbocycles. The highest BCUT2D eigenvalue weighted by atomic mass is 32.2. The Morgan fingerprint density at radius 2 is 1.89 bits per heavy atom. The van der Waals surface area contributed by atoms with Crippen LogP contribution in [-0.2, 0) is 14.8 Å². The van der Waals surface area contributed by atoms with E-state index in [2.05, 4.69) is 10.0 Å². The summed E-state index contributed by atoms with van der Waals surface area (Å²) < 4.78 is 25.3. The van der Waals surface area contributed by atoms with E-state index < -0.39 is 22.0 Å². The summed E-state index contributed by atoms with van der Waals surface area (Å²) in [6.45, 7) is 1.90. The summed E-state index contributed by atoms with van der Waals surface area (Å²) in [4.78, 5) is 11.1. The maximum absolute atomic E-state index is 11.5. The van der Waals surface area contributed by atoms with Crippen LogP contribution in [0.1, 0.15) is 19.8 Å². The van der Waals surface area contributed by atoms with Crippen LogP contribution in [0.4, 0.5) is 5.69 Å². The van der Waals surface area contributed by atoms with Crippen molar-refractivity contribution >= 4 is 21.7 Å². The van der Waals surface area contributed by atoms with E-state index in [1.54, 1.807) is 12.1 Å². The predicted molar refractivity (Wildman–Crippen MR) is 72.6 cm³/mol. The lowest BCUT2D eigenvalue weighted by molar-refractivity contribution is -0.138. The molecule has 0 aliphatic rings. The highest BCUT2D eigenvalue weighted by molar-refractivity contribution is 7.89. The molecule has 1 rings (SSSR count). The van der Waals surface area contributed by atoms with Gasteiger partial charge < -0.3 is 10.4 Å². The molecule has 0 amide bonds. The average Bonchev–Trinajstić information content (AvgIpc) is 2.38. The molecule has 1 unspecified atom stereocenters. The number of carbonyl (C=O) groups is 1. The van der Waals surface area contributed by atoms with E-state index in [-0.39, 0.29) is 4.90 Å². The van der Waals surface area contributed by atoms with E-state index in [1.165, 1.54) is 19.2 Å². The lowest BCUT2D eigenvalue weighted by atomic mass is 10.1. The molecule has 1 aromatic carbocycles. The normalized spacial score (nSPS) is 12.9. The number of carboxylic acid groups (broad SMARTS) is 1. The average molecular weight is 286 g/mol. The van der Waals surface area contributed by atoms with E-state index in [0.717, 1.165) is 6.42 Å². The molecule has 7 heteroatoms. The van der Waals surface area contributed by atoms with Crippen LogP contribution < -0.4 is 10.0 Å². The Bertz CT molecular complexity index is 525. The predicted octanol–water partition coefficient (Wildman–Crippen LogP) is 1.26. The Morgan fingerprint density at radius 1 is 1.32 bits per heavy atom. The number of benzene rings is 1. The molecule has 0 heterocycles. The second kappa shape index (κ2) is 6.53. The van der Waals surface area contributed by atoms with Crippen molar-refractivity contribution in [3.05, 3.63) is 24.3 Å². The van der Waals surface area contributed by atoms with Crippen molar-refractivity contribution in [3.8, 4) is 0 Å². The summed E-state index contributed by atoms with van der Waals surface area (Å²) in [5.74, 6) is -0.922. The quantitative estimate of drug-likeness (QED) is 0.701. The third-order valence-corrected chi connectivity index (χ3v) is 4.08. The van der Waals surface area contributed by atoms with Crippen LogP contribution >= 0.6 is 0 Å². The van der Waals surface area contributed by atoms with Gasteiger partial charge in [-0.2, -0.15) is 0 Å². The van der Waals surface area contributed by atoms with Crippen molar-refractivity contribution in [1.29, 1.82) is 0 Å². The minimum absolute atomic E-state index is 0.142. The molecule has 0 aliphatic carbocycles. The topological polar surface area (TPSA) is 95.5 Å². The summed E-state index contributed by atoms with van der Waals surface area (Å²) in [6.07, 6.45) is 1.25. The second-order valence-corrected chi connectivity index (χ2v) is 5.94. The molecule has 0 spiro atoms. The number of carboxylic acids is 1. The Balaban J connectivity index is 2.85. The van der Waals surface area contributed by atoms with Gasteiger partial charge in [0.1, 0.15) is 6.04 Å². The minimum atomic E-state index is -3.46. The van der Waals surface area contributed by atoms with Gasteiger partial charge in [0.2, 0.25) is 10.0 Å². The highest BCUT2D eigenvalue weighted by Gasteiger charge is 2.16. The van der Waals surface area contributed by atoms with Gasteiger partial charge in [0.25, 0.3) is 0 Å². The van der Waals surface area contributed by atoms with Crippen LogP contribution in [0.2, 0.25) is 0 Å². The third kappa shape index (κ3) is 4.22. The van der Waals surface area contributed by atoms with Crippen molar-refractivity contribution in [3.63, 3.8) is 0 Å². The number of hydrogen-bond acceptors (Lipinski definition) is 4. The maximum Gasteiger partial charge on any atom is 0.326 e. The summed E-state index contributed by atoms with van der Waals surface area (Å²) in [7, 11) is -2.13. The monoisotopic (exact) mass is 286 g/mol. The second-order valence-electron chi connectivity index (χ2n) is 4.06. The van der Waals surface area contributed by atoms with Gasteiger partial charge in [-0.1, -0.05) is 13.3 Å². The molecular weight excluding hydrogens is 268 g/mol. The Hall–Kier alpha value is -1.60. The van der Waals surface area contributed by atoms with E-state index in [1.807, 2.05) is 6.92 Å². The fourth-order valence-corrected chi connectivity index (χ4v) is 2.33. The number of aliphatic carboxylic acids is 1. The molecule has 106 valence electrons. The summed E-state index contributed by atoms with van der Waals surface area (Å²) in [5.41, 5.74) is 0.580. The first-order valence-electron chi connectivity index (χ1n) is 5.93. The molecular formula is C12H18N2O4S. The number of anilines is 1. The minimum Gasteiger partial charge on any atom is -0.480 e. The Labute approximate surface area is 112 Å². The molecule has 0 aromatic heterocycles. The Kier molecular flexibility index (Phi) is 5.31. The van der Waals surface area contributed by atoms with E-state index in [9.17, 15) is 13.2 Å². The lowest BCUT2D eigenvalue weighted by Gasteiger charge is -2.15. The van der Waals surface area contributed by atoms with Gasteiger partial charge in [0, 0.05) is 5.69 Å². The summed E-state index contributed by atoms with van der Waals surface area (Å²) in [6, 6.07) is 5.29. The van der Waals surface area contributed by atoms with Crippen LogP contribution in [0.15, 0.2) is 29.2 Å². The number of rotatable bonds is 7. The molecule has 3 N–H and O–H groups in total. The van der Waals surface area contributed by atoms with Crippen molar-refractivity contribution in [1.82, 2.24) is 4.72 Å². The van der Waals surface area contributed by atoms with Crippen LogP contribution in [0.25, 0.3) is 0 Å². The first-order valence-corrected chi connectivity index (χ1v) is 7.42. The third-order valence-electron chi connectivity index (χ3n) is 2.65. The molecule has 6 nitrogen and oxygen atoms in total. The van der Waals surface area contributed by atoms with Gasteiger partial charge in [-0.05, 0) is 37.7 Å². The van der Waals surface area contributed by atoms with E-state index in [0.29, 0.717) is 12.1 Å². The largest absolute Gasteiger partial charge is 0.480 e.